The van der Waals surface area contributed by atoms with Crippen LogP contribution >= 0.6 is 22.6 Å². The largest absolute Gasteiger partial charge is 0.377 e. The topological polar surface area (TPSA) is 47.5 Å². The van der Waals surface area contributed by atoms with Crippen molar-refractivity contribution in [2.75, 3.05) is 32.2 Å². The number of ether oxygens (including phenoxy) is 2. The predicted octanol–water partition coefficient (Wildman–Crippen LogP) is 0.931. The second-order valence-corrected chi connectivity index (χ2v) is 4.81. The minimum atomic E-state index is 0.107. The fraction of sp³-hybridized carbons (Fsp3) is 0.600. The minimum absolute atomic E-state index is 0.107. The van der Waals surface area contributed by atoms with Crippen LogP contribution in [0.25, 0.3) is 0 Å². The molecule has 1 fully saturated rings. The molecule has 0 bridgehead atoms. The van der Waals surface area contributed by atoms with Gasteiger partial charge in [-0.15, -0.1) is 0 Å². The average Bonchev–Trinajstić information content (AvgIpc) is 2.72. The highest BCUT2D eigenvalue weighted by atomic mass is 127. The Kier molecular flexibility index (Phi) is 3.93. The normalized spacial score (nSPS) is 25.1. The van der Waals surface area contributed by atoms with Crippen LogP contribution in [-0.4, -0.2) is 49.5 Å². The number of aromatic nitrogens is 2. The number of rotatable bonds is 3. The summed E-state index contributed by atoms with van der Waals surface area (Å²) in [6.07, 6.45) is 3.59. The van der Waals surface area contributed by atoms with Gasteiger partial charge in [0.1, 0.15) is 24.4 Å². The zero-order valence-electron chi connectivity index (χ0n) is 9.26. The molecule has 0 amide bonds. The van der Waals surface area contributed by atoms with E-state index in [-0.39, 0.29) is 12.2 Å². The minimum Gasteiger partial charge on any atom is -0.377 e. The number of halogens is 1. The number of anilines is 1. The first-order valence-corrected chi connectivity index (χ1v) is 6.10. The van der Waals surface area contributed by atoms with Crippen LogP contribution in [0, 0.1) is 3.57 Å². The van der Waals surface area contributed by atoms with Gasteiger partial charge < -0.3 is 14.4 Å². The average molecular weight is 335 g/mol. The van der Waals surface area contributed by atoms with E-state index in [4.69, 9.17) is 9.47 Å². The fourth-order valence-corrected chi connectivity index (χ4v) is 2.55. The summed E-state index contributed by atoms with van der Waals surface area (Å²) >= 11 is 2.24. The first-order valence-electron chi connectivity index (χ1n) is 5.02. The highest BCUT2D eigenvalue weighted by Crippen LogP contribution is 2.24. The lowest BCUT2D eigenvalue weighted by Gasteiger charge is -2.17. The SMILES string of the molecule is COC1CN(c2ncncc2I)CC1OC. The Hall–Kier alpha value is -0.470. The van der Waals surface area contributed by atoms with Gasteiger partial charge in [0.05, 0.1) is 3.57 Å². The van der Waals surface area contributed by atoms with Gasteiger partial charge in [-0.1, -0.05) is 0 Å². The zero-order chi connectivity index (χ0) is 11.5. The summed E-state index contributed by atoms with van der Waals surface area (Å²) in [7, 11) is 3.43. The van der Waals surface area contributed by atoms with Gasteiger partial charge in [0.2, 0.25) is 0 Å². The molecule has 0 aliphatic carbocycles. The molecule has 1 saturated heterocycles. The van der Waals surface area contributed by atoms with Crippen LogP contribution in [0.1, 0.15) is 0 Å². The van der Waals surface area contributed by atoms with E-state index in [2.05, 4.69) is 37.5 Å². The van der Waals surface area contributed by atoms with Gasteiger partial charge >= 0.3 is 0 Å². The fourth-order valence-electron chi connectivity index (χ4n) is 1.91. The summed E-state index contributed by atoms with van der Waals surface area (Å²) in [5.74, 6) is 0.956. The van der Waals surface area contributed by atoms with E-state index < -0.39 is 0 Å². The Labute approximate surface area is 108 Å². The molecule has 16 heavy (non-hydrogen) atoms. The van der Waals surface area contributed by atoms with Crippen molar-refractivity contribution >= 4 is 28.4 Å². The maximum atomic E-state index is 5.39. The zero-order valence-corrected chi connectivity index (χ0v) is 11.4. The number of nitrogens with zero attached hydrogens (tertiary/aromatic N) is 3. The van der Waals surface area contributed by atoms with Gasteiger partial charge in [-0.2, -0.15) is 0 Å². The molecule has 0 aromatic carbocycles. The molecular formula is C10H14IN3O2. The molecule has 1 aromatic heterocycles. The lowest BCUT2D eigenvalue weighted by Crippen LogP contribution is -2.27. The van der Waals surface area contributed by atoms with Gasteiger partial charge in [-0.25, -0.2) is 9.97 Å². The molecule has 2 atom stereocenters. The summed E-state index contributed by atoms with van der Waals surface area (Å²) in [5, 5.41) is 0. The molecule has 5 nitrogen and oxygen atoms in total. The van der Waals surface area contributed by atoms with E-state index in [1.54, 1.807) is 20.5 Å². The summed E-state index contributed by atoms with van der Waals surface area (Å²) in [5.41, 5.74) is 0. The van der Waals surface area contributed by atoms with Crippen molar-refractivity contribution in [3.63, 3.8) is 0 Å². The van der Waals surface area contributed by atoms with E-state index in [0.29, 0.717) is 0 Å². The quantitative estimate of drug-likeness (QED) is 0.770. The Morgan fingerprint density at radius 2 is 1.94 bits per heavy atom. The Morgan fingerprint density at radius 3 is 2.44 bits per heavy atom. The van der Waals surface area contributed by atoms with Gasteiger partial charge in [0.15, 0.2) is 0 Å². The molecule has 2 heterocycles. The molecule has 6 heteroatoms. The smallest absolute Gasteiger partial charge is 0.145 e. The van der Waals surface area contributed by atoms with E-state index >= 15 is 0 Å². The van der Waals surface area contributed by atoms with E-state index in [9.17, 15) is 0 Å². The molecule has 2 rings (SSSR count). The molecule has 2 unspecified atom stereocenters. The second-order valence-electron chi connectivity index (χ2n) is 3.65. The van der Waals surface area contributed by atoms with Gasteiger partial charge in [-0.3, -0.25) is 0 Å². The van der Waals surface area contributed by atoms with Crippen molar-refractivity contribution in [2.45, 2.75) is 12.2 Å². The van der Waals surface area contributed by atoms with Crippen LogP contribution in [0.15, 0.2) is 12.5 Å². The van der Waals surface area contributed by atoms with Crippen LogP contribution in [0.5, 0.6) is 0 Å². The molecule has 0 N–H and O–H groups in total. The third-order valence-corrected chi connectivity index (χ3v) is 3.53. The standard InChI is InChI=1S/C10H14IN3O2/c1-15-8-4-14(5-9(8)16-2)10-7(11)3-12-6-13-10/h3,6,8-9H,4-5H2,1-2H3. The lowest BCUT2D eigenvalue weighted by atomic mass is 10.3. The Morgan fingerprint density at radius 1 is 1.31 bits per heavy atom. The predicted molar refractivity (Wildman–Crippen MR) is 68.6 cm³/mol. The van der Waals surface area contributed by atoms with Crippen molar-refractivity contribution < 1.29 is 9.47 Å². The number of hydrogen-bond donors (Lipinski definition) is 0. The Balaban J connectivity index is 2.16. The monoisotopic (exact) mass is 335 g/mol. The summed E-state index contributed by atoms with van der Waals surface area (Å²) in [4.78, 5) is 10.5. The highest BCUT2D eigenvalue weighted by Gasteiger charge is 2.34. The van der Waals surface area contributed by atoms with Crippen molar-refractivity contribution in [3.05, 3.63) is 16.1 Å². The Bertz CT molecular complexity index is 352. The molecule has 1 aromatic rings. The van der Waals surface area contributed by atoms with Gasteiger partial charge in [0.25, 0.3) is 0 Å². The summed E-state index contributed by atoms with van der Waals surface area (Å²) in [6.45, 7) is 1.62. The molecule has 1 aliphatic heterocycles. The first-order chi connectivity index (χ1) is 7.76. The maximum Gasteiger partial charge on any atom is 0.145 e. The highest BCUT2D eigenvalue weighted by molar-refractivity contribution is 14.1. The maximum absolute atomic E-state index is 5.39. The third-order valence-electron chi connectivity index (χ3n) is 2.77. The molecule has 0 saturated carbocycles. The van der Waals surface area contributed by atoms with Crippen LogP contribution < -0.4 is 4.90 Å². The molecule has 1 aliphatic rings. The second kappa shape index (κ2) is 5.24. The summed E-state index contributed by atoms with van der Waals surface area (Å²) < 4.78 is 11.8. The first kappa shape index (κ1) is 12.0. The molecular weight excluding hydrogens is 321 g/mol. The molecule has 0 radical (unpaired) electrons. The summed E-state index contributed by atoms with van der Waals surface area (Å²) in [6, 6.07) is 0. The van der Waals surface area contributed by atoms with Crippen molar-refractivity contribution in [1.29, 1.82) is 0 Å². The van der Waals surface area contributed by atoms with E-state index in [1.165, 1.54) is 0 Å². The third kappa shape index (κ3) is 2.28. The van der Waals surface area contributed by atoms with Crippen molar-refractivity contribution in [3.8, 4) is 0 Å². The molecule has 88 valence electrons. The van der Waals surface area contributed by atoms with Crippen LogP contribution in [0.3, 0.4) is 0 Å². The van der Waals surface area contributed by atoms with Crippen molar-refractivity contribution in [1.82, 2.24) is 9.97 Å². The lowest BCUT2D eigenvalue weighted by molar-refractivity contribution is -0.00461. The number of methoxy groups -OCH3 is 2. The van der Waals surface area contributed by atoms with Gasteiger partial charge in [-0.05, 0) is 22.6 Å². The van der Waals surface area contributed by atoms with Crippen LogP contribution in [-0.2, 0) is 9.47 Å². The van der Waals surface area contributed by atoms with E-state index in [0.717, 1.165) is 22.5 Å². The van der Waals surface area contributed by atoms with E-state index in [1.807, 2.05) is 6.20 Å². The molecule has 0 spiro atoms. The number of hydrogen-bond acceptors (Lipinski definition) is 5. The van der Waals surface area contributed by atoms with Crippen molar-refractivity contribution in [2.24, 2.45) is 0 Å². The van der Waals surface area contributed by atoms with Crippen LogP contribution in [0.2, 0.25) is 0 Å². The van der Waals surface area contributed by atoms with Crippen LogP contribution in [0.4, 0.5) is 5.82 Å². The van der Waals surface area contributed by atoms with Gasteiger partial charge in [0, 0.05) is 33.5 Å².